The zero-order chi connectivity index (χ0) is 9.68. The molecule has 1 aromatic carbocycles. The second kappa shape index (κ2) is 5.12. The molecule has 13 heavy (non-hydrogen) atoms. The molecule has 0 bridgehead atoms. The van der Waals surface area contributed by atoms with Crippen LogP contribution in [-0.2, 0) is 0 Å². The molecule has 0 aromatic heterocycles. The topological polar surface area (TPSA) is 0 Å². The van der Waals surface area contributed by atoms with Crippen LogP contribution in [0.1, 0.15) is 30.9 Å². The van der Waals surface area contributed by atoms with Gasteiger partial charge in [0.05, 0.1) is 0 Å². The van der Waals surface area contributed by atoms with Gasteiger partial charge in [-0.2, -0.15) is 0 Å². The summed E-state index contributed by atoms with van der Waals surface area (Å²) in [6.45, 7) is 4.41. The van der Waals surface area contributed by atoms with Gasteiger partial charge in [0.2, 0.25) is 0 Å². The fraction of sp³-hybridized carbons (Fsp3) is 0.333. The summed E-state index contributed by atoms with van der Waals surface area (Å²) in [7, 11) is 0. The summed E-state index contributed by atoms with van der Waals surface area (Å²) >= 11 is 0.455. The van der Waals surface area contributed by atoms with Crippen LogP contribution in [0.2, 0.25) is 5.82 Å². The van der Waals surface area contributed by atoms with Crippen LogP contribution in [0.15, 0.2) is 24.3 Å². The van der Waals surface area contributed by atoms with Gasteiger partial charge in [-0.05, 0) is 0 Å². The predicted molar refractivity (Wildman–Crippen MR) is 59.0 cm³/mol. The summed E-state index contributed by atoms with van der Waals surface area (Å²) in [4.78, 5) is 3.13. The summed E-state index contributed by atoms with van der Waals surface area (Å²) in [6.07, 6.45) is 0. The first-order valence-electron chi connectivity index (χ1n) is 4.38. The van der Waals surface area contributed by atoms with Crippen molar-refractivity contribution in [3.63, 3.8) is 0 Å². The molecule has 0 unspecified atom stereocenters. The van der Waals surface area contributed by atoms with Crippen molar-refractivity contribution in [2.45, 2.75) is 25.6 Å². The zero-order valence-corrected chi connectivity index (χ0v) is 10.0. The van der Waals surface area contributed by atoms with E-state index in [1.807, 2.05) is 0 Å². The van der Waals surface area contributed by atoms with Crippen LogP contribution in [0.3, 0.4) is 0 Å². The van der Waals surface area contributed by atoms with E-state index in [1.54, 1.807) is 0 Å². The Hall–Kier alpha value is -0.701. The first-order chi connectivity index (χ1) is 6.24. The van der Waals surface area contributed by atoms with Crippen LogP contribution < -0.4 is 0 Å². The predicted octanol–water partition coefficient (Wildman–Crippen LogP) is 2.87. The number of hydrogen-bond acceptors (Lipinski definition) is 0. The molecule has 68 valence electrons. The second-order valence-electron chi connectivity index (χ2n) is 3.21. The van der Waals surface area contributed by atoms with Gasteiger partial charge >= 0.3 is 86.7 Å². The van der Waals surface area contributed by atoms with E-state index >= 15 is 0 Å². The van der Waals surface area contributed by atoms with Gasteiger partial charge in [0.25, 0.3) is 0 Å². The van der Waals surface area contributed by atoms with Crippen molar-refractivity contribution in [2.24, 2.45) is 0 Å². The molecule has 0 N–H and O–H groups in total. The van der Waals surface area contributed by atoms with Crippen molar-refractivity contribution in [1.82, 2.24) is 0 Å². The zero-order valence-electron chi connectivity index (χ0n) is 8.29. The Kier molecular flexibility index (Phi) is 4.09. The van der Waals surface area contributed by atoms with Crippen molar-refractivity contribution in [3.8, 4) is 10.7 Å². The maximum absolute atomic E-state index is 3.14. The van der Waals surface area contributed by atoms with Gasteiger partial charge in [-0.1, -0.05) is 0 Å². The van der Waals surface area contributed by atoms with Gasteiger partial charge in [0, 0.05) is 0 Å². The molecule has 0 fully saturated rings. The molecule has 0 aliphatic heterocycles. The summed E-state index contributed by atoms with van der Waals surface area (Å²) < 4.78 is 0. The fourth-order valence-corrected chi connectivity index (χ4v) is 1.52. The first kappa shape index (κ1) is 10.4. The fourth-order valence-electron chi connectivity index (χ4n) is 1.06. The van der Waals surface area contributed by atoms with E-state index in [1.165, 1.54) is 5.56 Å². The van der Waals surface area contributed by atoms with Crippen molar-refractivity contribution < 1.29 is 0 Å². The third-order valence-corrected chi connectivity index (χ3v) is 2.52. The molecule has 0 nitrogen and oxygen atoms in total. The summed E-state index contributed by atoms with van der Waals surface area (Å²) in [5.74, 6) is 5.87. The van der Waals surface area contributed by atoms with Gasteiger partial charge in [-0.15, -0.1) is 0 Å². The van der Waals surface area contributed by atoms with E-state index in [0.29, 0.717) is 20.9 Å². The van der Waals surface area contributed by atoms with Crippen LogP contribution in [0.25, 0.3) is 0 Å². The average molecular weight is 237 g/mol. The molecule has 1 rings (SSSR count). The van der Waals surface area contributed by atoms with Crippen LogP contribution in [0, 0.1) is 10.7 Å². The molecule has 1 heteroatoms. The standard InChI is InChI=1S/C12H14Se/c1-10(2)12-6-4-11(5-7-12)8-9-13-3/h4-7,10H,1-3H3. The van der Waals surface area contributed by atoms with E-state index in [-0.39, 0.29) is 0 Å². The molecule has 0 saturated carbocycles. The van der Waals surface area contributed by atoms with Crippen LogP contribution >= 0.6 is 0 Å². The van der Waals surface area contributed by atoms with Crippen molar-refractivity contribution in [3.05, 3.63) is 35.4 Å². The van der Waals surface area contributed by atoms with E-state index < -0.39 is 0 Å². The molecular formula is C12H14Se. The Morgan fingerprint density at radius 2 is 1.77 bits per heavy atom. The molecule has 1 aromatic rings. The Balaban J connectivity index is 2.81. The van der Waals surface area contributed by atoms with E-state index in [9.17, 15) is 0 Å². The molecule has 0 saturated heterocycles. The van der Waals surface area contributed by atoms with Gasteiger partial charge in [0.15, 0.2) is 0 Å². The Bertz CT molecular complexity index is 311. The molecular weight excluding hydrogens is 223 g/mol. The maximum atomic E-state index is 3.14. The normalized spacial score (nSPS) is 9.54. The van der Waals surface area contributed by atoms with E-state index in [4.69, 9.17) is 0 Å². The quantitative estimate of drug-likeness (QED) is 0.520. The van der Waals surface area contributed by atoms with E-state index in [2.05, 4.69) is 54.7 Å². The first-order valence-corrected chi connectivity index (χ1v) is 6.95. The molecule has 0 amide bonds. The molecule has 0 spiro atoms. The van der Waals surface area contributed by atoms with Gasteiger partial charge in [-0.25, -0.2) is 0 Å². The number of hydrogen-bond donors (Lipinski definition) is 0. The Morgan fingerprint density at radius 1 is 1.15 bits per heavy atom. The van der Waals surface area contributed by atoms with Crippen LogP contribution in [0.5, 0.6) is 0 Å². The van der Waals surface area contributed by atoms with Crippen LogP contribution in [-0.4, -0.2) is 15.0 Å². The number of rotatable bonds is 1. The SMILES string of the molecule is C[Se]C#Cc1ccc(C(C)C)cc1. The summed E-state index contributed by atoms with van der Waals surface area (Å²) in [5, 5.41) is 0. The molecule has 0 atom stereocenters. The Labute approximate surface area is 86.9 Å². The van der Waals surface area contributed by atoms with E-state index in [0.717, 1.165) is 5.56 Å². The monoisotopic (exact) mass is 238 g/mol. The third kappa shape index (κ3) is 3.27. The third-order valence-electron chi connectivity index (χ3n) is 1.87. The minimum atomic E-state index is 0.455. The average Bonchev–Trinajstić information content (AvgIpc) is 2.15. The Morgan fingerprint density at radius 3 is 2.23 bits per heavy atom. The van der Waals surface area contributed by atoms with Crippen LogP contribution in [0.4, 0.5) is 0 Å². The molecule has 0 aliphatic carbocycles. The van der Waals surface area contributed by atoms with Crippen molar-refractivity contribution in [1.29, 1.82) is 0 Å². The number of benzene rings is 1. The molecule has 0 heterocycles. The van der Waals surface area contributed by atoms with Gasteiger partial charge < -0.3 is 0 Å². The summed E-state index contributed by atoms with van der Waals surface area (Å²) in [6, 6.07) is 8.54. The van der Waals surface area contributed by atoms with Crippen molar-refractivity contribution in [2.75, 3.05) is 0 Å². The van der Waals surface area contributed by atoms with Gasteiger partial charge in [0.1, 0.15) is 0 Å². The second-order valence-corrected chi connectivity index (χ2v) is 4.49. The minimum absolute atomic E-state index is 0.455. The van der Waals surface area contributed by atoms with Crippen molar-refractivity contribution >= 4 is 15.0 Å². The molecule has 0 radical (unpaired) electrons. The summed E-state index contributed by atoms with van der Waals surface area (Å²) in [5.41, 5.74) is 2.51. The molecule has 0 aliphatic rings. The van der Waals surface area contributed by atoms with Gasteiger partial charge in [-0.3, -0.25) is 0 Å².